The molecule has 3 nitrogen and oxygen atoms in total. The largest absolute Gasteiger partial charge is 0.480 e. The second-order valence-electron chi connectivity index (χ2n) is 3.60. The van der Waals surface area contributed by atoms with Gasteiger partial charge in [-0.3, -0.25) is 4.79 Å². The summed E-state index contributed by atoms with van der Waals surface area (Å²) in [6, 6.07) is 1.92. The first-order chi connectivity index (χ1) is 5.61. The summed E-state index contributed by atoms with van der Waals surface area (Å²) < 4.78 is 0. The van der Waals surface area contributed by atoms with E-state index in [0.717, 1.165) is 25.7 Å². The maximum absolute atomic E-state index is 10.8. The monoisotopic (exact) mass is 167 g/mol. The third-order valence-electron chi connectivity index (χ3n) is 2.85. The molecule has 3 heteroatoms. The molecule has 0 amide bonds. The molecule has 0 heterocycles. The SMILES string of the molecule is CC(C#N)(C(=O)O)C1CCCC1. The Morgan fingerprint density at radius 1 is 1.58 bits per heavy atom. The highest BCUT2D eigenvalue weighted by Gasteiger charge is 2.42. The molecule has 0 aromatic rings. The van der Waals surface area contributed by atoms with E-state index in [1.807, 2.05) is 6.07 Å². The molecule has 1 atom stereocenters. The summed E-state index contributed by atoms with van der Waals surface area (Å²) in [5, 5.41) is 17.7. The Morgan fingerprint density at radius 2 is 2.08 bits per heavy atom. The van der Waals surface area contributed by atoms with Crippen LogP contribution in [-0.2, 0) is 4.79 Å². The van der Waals surface area contributed by atoms with Gasteiger partial charge in [-0.05, 0) is 25.7 Å². The van der Waals surface area contributed by atoms with Gasteiger partial charge >= 0.3 is 5.97 Å². The molecule has 1 aliphatic rings. The lowest BCUT2D eigenvalue weighted by Gasteiger charge is -2.22. The molecule has 1 N–H and O–H groups in total. The Hall–Kier alpha value is -1.04. The maximum Gasteiger partial charge on any atom is 0.324 e. The summed E-state index contributed by atoms with van der Waals surface area (Å²) in [7, 11) is 0. The van der Waals surface area contributed by atoms with Crippen LogP contribution in [0.25, 0.3) is 0 Å². The number of nitrogens with zero attached hydrogens (tertiary/aromatic N) is 1. The Bertz CT molecular complexity index is 225. The van der Waals surface area contributed by atoms with Crippen molar-refractivity contribution in [2.45, 2.75) is 32.6 Å². The third-order valence-corrected chi connectivity index (χ3v) is 2.85. The zero-order chi connectivity index (χ0) is 9.19. The van der Waals surface area contributed by atoms with E-state index in [-0.39, 0.29) is 5.92 Å². The van der Waals surface area contributed by atoms with E-state index in [1.54, 1.807) is 0 Å². The van der Waals surface area contributed by atoms with Gasteiger partial charge in [0.15, 0.2) is 5.41 Å². The third kappa shape index (κ3) is 1.29. The van der Waals surface area contributed by atoms with Crippen LogP contribution in [0.15, 0.2) is 0 Å². The highest BCUT2D eigenvalue weighted by Crippen LogP contribution is 2.39. The van der Waals surface area contributed by atoms with E-state index in [0.29, 0.717) is 0 Å². The fourth-order valence-electron chi connectivity index (χ4n) is 1.82. The smallest absolute Gasteiger partial charge is 0.324 e. The molecule has 1 aliphatic carbocycles. The zero-order valence-corrected chi connectivity index (χ0v) is 7.21. The molecule has 1 rings (SSSR count). The zero-order valence-electron chi connectivity index (χ0n) is 7.21. The first-order valence-electron chi connectivity index (χ1n) is 4.26. The first-order valence-corrected chi connectivity index (χ1v) is 4.26. The lowest BCUT2D eigenvalue weighted by atomic mass is 9.77. The van der Waals surface area contributed by atoms with Crippen molar-refractivity contribution in [2.75, 3.05) is 0 Å². The normalized spacial score (nSPS) is 23.0. The van der Waals surface area contributed by atoms with Crippen molar-refractivity contribution in [1.29, 1.82) is 5.26 Å². The average Bonchev–Trinajstić information content (AvgIpc) is 2.54. The van der Waals surface area contributed by atoms with Gasteiger partial charge in [0, 0.05) is 0 Å². The van der Waals surface area contributed by atoms with Gasteiger partial charge < -0.3 is 5.11 Å². The van der Waals surface area contributed by atoms with Crippen LogP contribution in [0.5, 0.6) is 0 Å². The highest BCUT2D eigenvalue weighted by atomic mass is 16.4. The minimum absolute atomic E-state index is 0.0556. The maximum atomic E-state index is 10.8. The topological polar surface area (TPSA) is 61.1 Å². The number of carboxylic acids is 1. The lowest BCUT2D eigenvalue weighted by molar-refractivity contribution is -0.147. The average molecular weight is 167 g/mol. The standard InChI is InChI=1S/C9H13NO2/c1-9(6-10,8(11)12)7-4-2-3-5-7/h7H,2-5H2,1H3,(H,11,12). The number of carbonyl (C=O) groups is 1. The van der Waals surface area contributed by atoms with Crippen molar-refractivity contribution in [3.63, 3.8) is 0 Å². The van der Waals surface area contributed by atoms with Crippen molar-refractivity contribution in [1.82, 2.24) is 0 Å². The number of aliphatic carboxylic acids is 1. The lowest BCUT2D eigenvalue weighted by Crippen LogP contribution is -2.32. The van der Waals surface area contributed by atoms with Crippen LogP contribution in [-0.4, -0.2) is 11.1 Å². The Balaban J connectivity index is 2.80. The van der Waals surface area contributed by atoms with E-state index in [2.05, 4.69) is 0 Å². The van der Waals surface area contributed by atoms with E-state index in [4.69, 9.17) is 10.4 Å². The molecule has 0 aliphatic heterocycles. The van der Waals surface area contributed by atoms with E-state index < -0.39 is 11.4 Å². The molecular weight excluding hydrogens is 154 g/mol. The predicted octanol–water partition coefficient (Wildman–Crippen LogP) is 1.79. The number of rotatable bonds is 2. The second kappa shape index (κ2) is 3.14. The Kier molecular flexibility index (Phi) is 2.37. The van der Waals surface area contributed by atoms with Gasteiger partial charge in [0.1, 0.15) is 0 Å². The number of nitriles is 1. The van der Waals surface area contributed by atoms with Gasteiger partial charge in [0.25, 0.3) is 0 Å². The summed E-state index contributed by atoms with van der Waals surface area (Å²) >= 11 is 0. The van der Waals surface area contributed by atoms with Gasteiger partial charge in [0.05, 0.1) is 6.07 Å². The van der Waals surface area contributed by atoms with Gasteiger partial charge in [-0.2, -0.15) is 5.26 Å². The van der Waals surface area contributed by atoms with E-state index >= 15 is 0 Å². The van der Waals surface area contributed by atoms with E-state index in [9.17, 15) is 4.79 Å². The number of carboxylic acid groups (broad SMARTS) is 1. The van der Waals surface area contributed by atoms with Gasteiger partial charge in [-0.25, -0.2) is 0 Å². The molecule has 1 saturated carbocycles. The summed E-state index contributed by atoms with van der Waals surface area (Å²) in [5.74, 6) is -0.920. The predicted molar refractivity (Wildman–Crippen MR) is 43.3 cm³/mol. The minimum atomic E-state index is -1.16. The van der Waals surface area contributed by atoms with Crippen LogP contribution in [0.1, 0.15) is 32.6 Å². The number of hydrogen-bond acceptors (Lipinski definition) is 2. The first kappa shape index (κ1) is 9.05. The number of hydrogen-bond donors (Lipinski definition) is 1. The molecule has 0 saturated heterocycles. The minimum Gasteiger partial charge on any atom is -0.480 e. The molecule has 1 fully saturated rings. The van der Waals surface area contributed by atoms with Crippen molar-refractivity contribution in [3.05, 3.63) is 0 Å². The molecule has 0 radical (unpaired) electrons. The molecule has 0 spiro atoms. The molecule has 0 aromatic heterocycles. The second-order valence-corrected chi connectivity index (χ2v) is 3.60. The molecular formula is C9H13NO2. The van der Waals surface area contributed by atoms with Gasteiger partial charge in [-0.15, -0.1) is 0 Å². The highest BCUT2D eigenvalue weighted by molar-refractivity contribution is 5.77. The van der Waals surface area contributed by atoms with Crippen molar-refractivity contribution < 1.29 is 9.90 Å². The fraction of sp³-hybridized carbons (Fsp3) is 0.778. The molecule has 0 aromatic carbocycles. The van der Waals surface area contributed by atoms with E-state index in [1.165, 1.54) is 6.92 Å². The van der Waals surface area contributed by atoms with Crippen molar-refractivity contribution in [3.8, 4) is 6.07 Å². The van der Waals surface area contributed by atoms with Crippen LogP contribution < -0.4 is 0 Å². The summed E-state index contributed by atoms with van der Waals surface area (Å²) in [6.07, 6.45) is 3.90. The summed E-state index contributed by atoms with van der Waals surface area (Å²) in [4.78, 5) is 10.8. The molecule has 1 unspecified atom stereocenters. The van der Waals surface area contributed by atoms with Crippen LogP contribution in [0, 0.1) is 22.7 Å². The fourth-order valence-corrected chi connectivity index (χ4v) is 1.82. The molecule has 0 bridgehead atoms. The van der Waals surface area contributed by atoms with Gasteiger partial charge in [-0.1, -0.05) is 12.8 Å². The van der Waals surface area contributed by atoms with Gasteiger partial charge in [0.2, 0.25) is 0 Å². The summed E-state index contributed by atoms with van der Waals surface area (Å²) in [6.45, 7) is 1.53. The molecule has 66 valence electrons. The van der Waals surface area contributed by atoms with Crippen LogP contribution in [0.3, 0.4) is 0 Å². The van der Waals surface area contributed by atoms with Crippen molar-refractivity contribution in [2.24, 2.45) is 11.3 Å². The summed E-state index contributed by atoms with van der Waals surface area (Å²) in [5.41, 5.74) is -1.16. The quantitative estimate of drug-likeness (QED) is 0.682. The Morgan fingerprint density at radius 3 is 2.42 bits per heavy atom. The Labute approximate surface area is 72.0 Å². The molecule has 12 heavy (non-hydrogen) atoms. The van der Waals surface area contributed by atoms with Crippen molar-refractivity contribution >= 4 is 5.97 Å². The van der Waals surface area contributed by atoms with Crippen LogP contribution in [0.2, 0.25) is 0 Å². The van der Waals surface area contributed by atoms with Crippen LogP contribution >= 0.6 is 0 Å². The van der Waals surface area contributed by atoms with Crippen LogP contribution in [0.4, 0.5) is 0 Å².